The molecule has 1 aliphatic heterocycles. The number of hydrogen-bond donors (Lipinski definition) is 2. The van der Waals surface area contributed by atoms with Gasteiger partial charge in [-0.05, 0) is 37.0 Å². The second kappa shape index (κ2) is 6.88. The van der Waals surface area contributed by atoms with Gasteiger partial charge in [-0.1, -0.05) is 13.0 Å². The first kappa shape index (κ1) is 16.9. The van der Waals surface area contributed by atoms with Crippen LogP contribution in [-0.2, 0) is 0 Å². The third-order valence-electron chi connectivity index (χ3n) is 4.11. The predicted octanol–water partition coefficient (Wildman–Crippen LogP) is 3.09. The molecule has 1 saturated heterocycles. The van der Waals surface area contributed by atoms with Gasteiger partial charge in [0, 0.05) is 18.8 Å². The molecule has 1 unspecified atom stereocenters. The van der Waals surface area contributed by atoms with Gasteiger partial charge in [-0.3, -0.25) is 10.1 Å². The zero-order valence-electron chi connectivity index (χ0n) is 13.8. The Balaban J connectivity index is 2.00. The fourth-order valence-corrected chi connectivity index (χ4v) is 2.94. The molecule has 1 aromatic heterocycles. The van der Waals surface area contributed by atoms with E-state index < -0.39 is 16.4 Å². The van der Waals surface area contributed by atoms with E-state index in [2.05, 4.69) is 22.2 Å². The highest BCUT2D eigenvalue weighted by molar-refractivity contribution is 5.74. The number of halogens is 1. The highest BCUT2D eigenvalue weighted by Crippen LogP contribution is 2.33. The average molecular weight is 346 g/mol. The number of nitro groups is 1. The van der Waals surface area contributed by atoms with Gasteiger partial charge < -0.3 is 16.0 Å². The Morgan fingerprint density at radius 2 is 2.24 bits per heavy atom. The van der Waals surface area contributed by atoms with Crippen LogP contribution in [0.25, 0.3) is 0 Å². The van der Waals surface area contributed by atoms with Crippen molar-refractivity contribution in [1.29, 1.82) is 0 Å². The summed E-state index contributed by atoms with van der Waals surface area (Å²) in [6.45, 7) is 3.66. The topological polar surface area (TPSA) is 110 Å². The third kappa shape index (κ3) is 3.76. The summed E-state index contributed by atoms with van der Waals surface area (Å²) in [5, 5.41) is 14.1. The predicted molar refractivity (Wildman–Crippen MR) is 93.4 cm³/mol. The van der Waals surface area contributed by atoms with Crippen LogP contribution in [0.4, 0.5) is 33.3 Å². The molecule has 2 heterocycles. The number of nitrogens with zero attached hydrogens (tertiary/aromatic N) is 4. The van der Waals surface area contributed by atoms with E-state index in [9.17, 15) is 14.5 Å². The lowest BCUT2D eigenvalue weighted by Gasteiger charge is -2.31. The number of nitrogens with two attached hydrogens (primary N) is 1. The molecule has 2 aromatic rings. The van der Waals surface area contributed by atoms with Crippen molar-refractivity contribution < 1.29 is 9.31 Å². The van der Waals surface area contributed by atoms with Gasteiger partial charge in [-0.2, -0.15) is 9.97 Å². The molecule has 1 atom stereocenters. The van der Waals surface area contributed by atoms with Gasteiger partial charge in [-0.25, -0.2) is 4.39 Å². The number of hydrogen-bond acceptors (Lipinski definition) is 7. The molecular weight excluding hydrogens is 327 g/mol. The van der Waals surface area contributed by atoms with Crippen LogP contribution < -0.4 is 16.0 Å². The Bertz CT molecular complexity index is 800. The Kier molecular flexibility index (Phi) is 4.64. The van der Waals surface area contributed by atoms with Crippen LogP contribution in [0.5, 0.6) is 0 Å². The normalized spacial score (nSPS) is 17.4. The van der Waals surface area contributed by atoms with Crippen molar-refractivity contribution in [2.24, 2.45) is 5.92 Å². The summed E-state index contributed by atoms with van der Waals surface area (Å²) in [4.78, 5) is 21.1. The molecule has 1 aromatic carbocycles. The number of aromatic nitrogens is 2. The van der Waals surface area contributed by atoms with Gasteiger partial charge in [0.2, 0.25) is 17.6 Å². The minimum Gasteiger partial charge on any atom is -0.378 e. The van der Waals surface area contributed by atoms with E-state index in [1.54, 1.807) is 6.07 Å². The van der Waals surface area contributed by atoms with E-state index in [1.807, 2.05) is 4.90 Å². The van der Waals surface area contributed by atoms with E-state index in [0.717, 1.165) is 25.9 Å². The number of nitrogens with one attached hydrogen (secondary N) is 1. The molecule has 8 nitrogen and oxygen atoms in total. The number of benzene rings is 1. The van der Waals surface area contributed by atoms with Crippen LogP contribution in [0.15, 0.2) is 24.3 Å². The van der Waals surface area contributed by atoms with E-state index in [1.165, 1.54) is 18.2 Å². The first-order valence-electron chi connectivity index (χ1n) is 8.03. The maximum Gasteiger partial charge on any atom is 0.353 e. The van der Waals surface area contributed by atoms with Crippen LogP contribution in [0, 0.1) is 21.8 Å². The monoisotopic (exact) mass is 346 g/mol. The van der Waals surface area contributed by atoms with Crippen molar-refractivity contribution in [1.82, 2.24) is 9.97 Å². The molecule has 0 saturated carbocycles. The molecule has 1 aliphatic rings. The van der Waals surface area contributed by atoms with Crippen LogP contribution in [0.3, 0.4) is 0 Å². The smallest absolute Gasteiger partial charge is 0.353 e. The summed E-state index contributed by atoms with van der Waals surface area (Å²) in [7, 11) is 0. The first-order valence-corrected chi connectivity index (χ1v) is 8.03. The molecule has 0 radical (unpaired) electrons. The fraction of sp³-hybridized carbons (Fsp3) is 0.375. The molecule has 1 fully saturated rings. The van der Waals surface area contributed by atoms with Crippen LogP contribution in [-0.4, -0.2) is 28.0 Å². The van der Waals surface area contributed by atoms with Crippen LogP contribution in [0.1, 0.15) is 19.8 Å². The first-order chi connectivity index (χ1) is 11.9. The highest BCUT2D eigenvalue weighted by Gasteiger charge is 2.27. The molecular formula is C16H19FN6O2. The molecule has 0 aliphatic carbocycles. The van der Waals surface area contributed by atoms with Crippen molar-refractivity contribution in [3.8, 4) is 0 Å². The standard InChI is InChI=1S/C16H19FN6O2/c1-10-4-3-7-22(9-10)16-20-14(18)13(23(24)25)15(21-16)19-12-6-2-5-11(17)8-12/h2,5-6,8,10H,3-4,7,9H2,1H3,(H3,18,19,20,21). The summed E-state index contributed by atoms with van der Waals surface area (Å²) in [5.41, 5.74) is 5.74. The zero-order valence-corrected chi connectivity index (χ0v) is 13.8. The molecule has 132 valence electrons. The zero-order chi connectivity index (χ0) is 18.0. The van der Waals surface area contributed by atoms with E-state index in [-0.39, 0.29) is 11.6 Å². The summed E-state index contributed by atoms with van der Waals surface area (Å²) in [6, 6.07) is 5.61. The average Bonchev–Trinajstić information content (AvgIpc) is 2.54. The van der Waals surface area contributed by atoms with Gasteiger partial charge in [0.15, 0.2) is 0 Å². The number of piperidine rings is 1. The van der Waals surface area contributed by atoms with E-state index in [4.69, 9.17) is 5.73 Å². The Hall–Kier alpha value is -2.97. The largest absolute Gasteiger partial charge is 0.378 e. The van der Waals surface area contributed by atoms with Crippen LogP contribution in [0.2, 0.25) is 0 Å². The summed E-state index contributed by atoms with van der Waals surface area (Å²) in [6.07, 6.45) is 2.11. The lowest BCUT2D eigenvalue weighted by atomic mass is 10.0. The molecule has 0 bridgehead atoms. The van der Waals surface area contributed by atoms with E-state index >= 15 is 0 Å². The van der Waals surface area contributed by atoms with Gasteiger partial charge in [0.25, 0.3) is 0 Å². The van der Waals surface area contributed by atoms with Gasteiger partial charge >= 0.3 is 5.69 Å². The van der Waals surface area contributed by atoms with Gasteiger partial charge in [0.1, 0.15) is 5.82 Å². The third-order valence-corrected chi connectivity index (χ3v) is 4.11. The Labute approximate surface area is 144 Å². The van der Waals surface area contributed by atoms with Crippen molar-refractivity contribution >= 4 is 29.0 Å². The molecule has 3 rings (SSSR count). The van der Waals surface area contributed by atoms with Crippen molar-refractivity contribution in [3.63, 3.8) is 0 Å². The minimum absolute atomic E-state index is 0.0451. The molecule has 0 amide bonds. The van der Waals surface area contributed by atoms with E-state index in [0.29, 0.717) is 17.6 Å². The lowest BCUT2D eigenvalue weighted by molar-refractivity contribution is -0.383. The maximum absolute atomic E-state index is 13.4. The molecule has 0 spiro atoms. The highest BCUT2D eigenvalue weighted by atomic mass is 19.1. The molecule has 25 heavy (non-hydrogen) atoms. The number of nitrogen functional groups attached to an aromatic ring is 1. The Morgan fingerprint density at radius 1 is 1.44 bits per heavy atom. The molecule has 9 heteroatoms. The SMILES string of the molecule is CC1CCCN(c2nc(N)c([N+](=O)[O-])c(Nc3cccc(F)c3)n2)C1. The molecule has 3 N–H and O–H groups in total. The summed E-state index contributed by atoms with van der Waals surface area (Å²) >= 11 is 0. The fourth-order valence-electron chi connectivity index (χ4n) is 2.94. The summed E-state index contributed by atoms with van der Waals surface area (Å²) in [5.74, 6) is 0.102. The summed E-state index contributed by atoms with van der Waals surface area (Å²) < 4.78 is 13.4. The van der Waals surface area contributed by atoms with Gasteiger partial charge in [-0.15, -0.1) is 0 Å². The number of anilines is 4. The van der Waals surface area contributed by atoms with Crippen molar-refractivity contribution in [2.45, 2.75) is 19.8 Å². The van der Waals surface area contributed by atoms with Crippen LogP contribution >= 0.6 is 0 Å². The quantitative estimate of drug-likeness (QED) is 0.646. The second-order valence-corrected chi connectivity index (χ2v) is 6.19. The lowest BCUT2D eigenvalue weighted by Crippen LogP contribution is -2.35. The maximum atomic E-state index is 13.4. The minimum atomic E-state index is -0.639. The van der Waals surface area contributed by atoms with Crippen molar-refractivity contribution in [2.75, 3.05) is 29.0 Å². The second-order valence-electron chi connectivity index (χ2n) is 6.19. The van der Waals surface area contributed by atoms with Crippen molar-refractivity contribution in [3.05, 3.63) is 40.2 Å². The van der Waals surface area contributed by atoms with Gasteiger partial charge in [0.05, 0.1) is 4.92 Å². The number of rotatable bonds is 4. The Morgan fingerprint density at radius 3 is 2.92 bits per heavy atom.